The van der Waals surface area contributed by atoms with Crippen LogP contribution in [0.1, 0.15) is 37.7 Å². The smallest absolute Gasteiger partial charge is 0.115 e. The fourth-order valence-corrected chi connectivity index (χ4v) is 4.74. The van der Waals surface area contributed by atoms with Crippen LogP contribution in [0, 0.1) is 0 Å². The molecule has 2 aliphatic heterocycles. The molecule has 0 radical (unpaired) electrons. The van der Waals surface area contributed by atoms with Crippen LogP contribution in [0.2, 0.25) is 0 Å². The zero-order valence-corrected chi connectivity index (χ0v) is 11.7. The van der Waals surface area contributed by atoms with E-state index in [1.54, 1.807) is 0 Å². The molecular weight excluding hydrogens is 242 g/mol. The Kier molecular flexibility index (Phi) is 3.53. The molecule has 3 rings (SSSR count). The van der Waals surface area contributed by atoms with Crippen LogP contribution in [0.25, 0.3) is 0 Å². The number of hydrogen-bond acceptors (Lipinski definition) is 3. The number of hydrogen-bond donors (Lipinski definition) is 1. The number of rotatable bonds is 2. The summed E-state index contributed by atoms with van der Waals surface area (Å²) in [6.45, 7) is 4.74. The quantitative estimate of drug-likeness (QED) is 0.884. The molecule has 0 saturated carbocycles. The van der Waals surface area contributed by atoms with Crippen LogP contribution in [0.15, 0.2) is 23.1 Å². The molecule has 1 aromatic carbocycles. The van der Waals surface area contributed by atoms with E-state index in [2.05, 4.69) is 17.9 Å². The van der Waals surface area contributed by atoms with Gasteiger partial charge in [-0.1, -0.05) is 6.92 Å². The van der Waals surface area contributed by atoms with Gasteiger partial charge in [0.25, 0.3) is 0 Å². The number of aromatic hydroxyl groups is 1. The molecule has 1 saturated heterocycles. The number of phenols is 1. The lowest BCUT2D eigenvalue weighted by molar-refractivity contribution is 0.139. The first-order valence-electron chi connectivity index (χ1n) is 6.99. The van der Waals surface area contributed by atoms with Crippen molar-refractivity contribution in [3.05, 3.63) is 23.8 Å². The highest BCUT2D eigenvalue weighted by Crippen LogP contribution is 2.45. The molecule has 2 nitrogen and oxygen atoms in total. The molecular formula is C15H21NOS. The van der Waals surface area contributed by atoms with E-state index in [0.29, 0.717) is 17.7 Å². The fourth-order valence-electron chi connectivity index (χ4n) is 3.41. The molecule has 0 spiro atoms. The summed E-state index contributed by atoms with van der Waals surface area (Å²) in [5, 5.41) is 9.72. The normalized spacial score (nSPS) is 27.6. The lowest BCUT2D eigenvalue weighted by Crippen LogP contribution is -2.47. The van der Waals surface area contributed by atoms with Crippen LogP contribution < -0.4 is 0 Å². The highest BCUT2D eigenvalue weighted by molar-refractivity contribution is 7.99. The number of phenolic OH excluding ortho intramolecular Hbond substituents is 1. The first-order valence-corrected chi connectivity index (χ1v) is 7.98. The van der Waals surface area contributed by atoms with Gasteiger partial charge in [-0.3, -0.25) is 4.90 Å². The van der Waals surface area contributed by atoms with Crippen molar-refractivity contribution in [2.24, 2.45) is 0 Å². The molecule has 1 fully saturated rings. The first-order chi connectivity index (χ1) is 8.79. The lowest BCUT2D eigenvalue weighted by atomic mass is 9.83. The molecule has 2 aliphatic rings. The van der Waals surface area contributed by atoms with E-state index in [0.717, 1.165) is 0 Å². The van der Waals surface area contributed by atoms with Crippen molar-refractivity contribution < 1.29 is 5.11 Å². The fraction of sp³-hybridized carbons (Fsp3) is 0.600. The predicted octanol–water partition coefficient (Wildman–Crippen LogP) is 3.46. The van der Waals surface area contributed by atoms with E-state index in [1.807, 2.05) is 23.9 Å². The van der Waals surface area contributed by atoms with Gasteiger partial charge in [0.15, 0.2) is 0 Å². The summed E-state index contributed by atoms with van der Waals surface area (Å²) in [6.07, 6.45) is 3.81. The Hall–Kier alpha value is -0.670. The number of piperidine rings is 1. The van der Waals surface area contributed by atoms with E-state index >= 15 is 0 Å². The molecule has 98 valence electrons. The van der Waals surface area contributed by atoms with Crippen LogP contribution in [0.5, 0.6) is 5.75 Å². The van der Waals surface area contributed by atoms with Crippen molar-refractivity contribution in [2.45, 2.75) is 43.0 Å². The maximum atomic E-state index is 9.72. The Morgan fingerprint density at radius 2 is 2.33 bits per heavy atom. The number of fused-ring (bicyclic) bond motifs is 3. The van der Waals surface area contributed by atoms with Gasteiger partial charge in [-0.05, 0) is 56.1 Å². The molecule has 0 aromatic heterocycles. The van der Waals surface area contributed by atoms with Crippen molar-refractivity contribution in [2.75, 3.05) is 18.8 Å². The van der Waals surface area contributed by atoms with E-state index in [-0.39, 0.29) is 0 Å². The van der Waals surface area contributed by atoms with Crippen molar-refractivity contribution >= 4 is 11.8 Å². The SMILES string of the molecule is CCCN1CCC[C@@H]2c3cc(O)ccc3SC[C@H]21. The minimum absolute atomic E-state index is 0.419. The average molecular weight is 263 g/mol. The molecule has 0 bridgehead atoms. The highest BCUT2D eigenvalue weighted by Gasteiger charge is 2.36. The molecule has 0 aliphatic carbocycles. The summed E-state index contributed by atoms with van der Waals surface area (Å²) in [7, 11) is 0. The molecule has 1 N–H and O–H groups in total. The summed E-state index contributed by atoms with van der Waals surface area (Å²) >= 11 is 1.96. The number of likely N-dealkylation sites (tertiary alicyclic amines) is 1. The van der Waals surface area contributed by atoms with Crippen LogP contribution in [-0.2, 0) is 0 Å². The topological polar surface area (TPSA) is 23.5 Å². The molecule has 0 amide bonds. The minimum Gasteiger partial charge on any atom is -0.508 e. The molecule has 2 atom stereocenters. The Balaban J connectivity index is 1.91. The number of nitrogens with zero attached hydrogens (tertiary/aromatic N) is 1. The second-order valence-electron chi connectivity index (χ2n) is 5.39. The molecule has 1 aromatic rings. The molecule has 2 heterocycles. The summed E-state index contributed by atoms with van der Waals surface area (Å²) in [6, 6.07) is 6.58. The van der Waals surface area contributed by atoms with Gasteiger partial charge in [-0.25, -0.2) is 0 Å². The van der Waals surface area contributed by atoms with Crippen LogP contribution in [-0.4, -0.2) is 34.9 Å². The number of thioether (sulfide) groups is 1. The third-order valence-electron chi connectivity index (χ3n) is 4.21. The molecule has 18 heavy (non-hydrogen) atoms. The van der Waals surface area contributed by atoms with Gasteiger partial charge in [-0.15, -0.1) is 11.8 Å². The van der Waals surface area contributed by atoms with Crippen LogP contribution in [0.3, 0.4) is 0 Å². The van der Waals surface area contributed by atoms with E-state index in [4.69, 9.17) is 0 Å². The molecule has 3 heteroatoms. The largest absolute Gasteiger partial charge is 0.508 e. The summed E-state index contributed by atoms with van der Waals surface area (Å²) in [4.78, 5) is 4.04. The summed E-state index contributed by atoms with van der Waals surface area (Å²) in [5.41, 5.74) is 1.39. The van der Waals surface area contributed by atoms with Gasteiger partial charge >= 0.3 is 0 Å². The van der Waals surface area contributed by atoms with Gasteiger partial charge in [0, 0.05) is 22.6 Å². The van der Waals surface area contributed by atoms with Crippen LogP contribution >= 0.6 is 11.8 Å². The van der Waals surface area contributed by atoms with Gasteiger partial charge < -0.3 is 5.11 Å². The average Bonchev–Trinajstić information content (AvgIpc) is 2.39. The standard InChI is InChI=1S/C15H21NOS/c1-2-7-16-8-3-4-12-13-9-11(17)5-6-15(13)18-10-14(12)16/h5-6,9,12,14,17H,2-4,7-8,10H2,1H3/t12-,14-/m1/s1. The van der Waals surface area contributed by atoms with E-state index in [9.17, 15) is 5.11 Å². The summed E-state index contributed by atoms with van der Waals surface area (Å²) in [5.74, 6) is 2.26. The lowest BCUT2D eigenvalue weighted by Gasteiger charge is -2.44. The van der Waals surface area contributed by atoms with Gasteiger partial charge in [0.2, 0.25) is 0 Å². The van der Waals surface area contributed by atoms with Crippen molar-refractivity contribution in [1.29, 1.82) is 0 Å². The van der Waals surface area contributed by atoms with Crippen molar-refractivity contribution in [1.82, 2.24) is 4.90 Å². The monoisotopic (exact) mass is 263 g/mol. The number of benzene rings is 1. The maximum Gasteiger partial charge on any atom is 0.115 e. The predicted molar refractivity (Wildman–Crippen MR) is 76.5 cm³/mol. The first kappa shape index (κ1) is 12.4. The second kappa shape index (κ2) is 5.14. The summed E-state index contributed by atoms with van der Waals surface area (Å²) < 4.78 is 0. The zero-order valence-electron chi connectivity index (χ0n) is 10.9. The second-order valence-corrected chi connectivity index (χ2v) is 6.45. The Morgan fingerprint density at radius 3 is 3.17 bits per heavy atom. The molecule has 0 unspecified atom stereocenters. The van der Waals surface area contributed by atoms with Crippen LogP contribution in [0.4, 0.5) is 0 Å². The van der Waals surface area contributed by atoms with Gasteiger partial charge in [0.1, 0.15) is 5.75 Å². The Bertz CT molecular complexity index is 433. The van der Waals surface area contributed by atoms with Crippen molar-refractivity contribution in [3.63, 3.8) is 0 Å². The van der Waals surface area contributed by atoms with Gasteiger partial charge in [0.05, 0.1) is 0 Å². The maximum absolute atomic E-state index is 9.72. The third kappa shape index (κ3) is 2.14. The van der Waals surface area contributed by atoms with Crippen molar-refractivity contribution in [3.8, 4) is 5.75 Å². The Labute approximate surface area is 113 Å². The minimum atomic E-state index is 0.419. The van der Waals surface area contributed by atoms with Gasteiger partial charge in [-0.2, -0.15) is 0 Å². The zero-order chi connectivity index (χ0) is 12.5. The van der Waals surface area contributed by atoms with E-state index < -0.39 is 0 Å². The van der Waals surface area contributed by atoms with E-state index in [1.165, 1.54) is 48.6 Å². The highest BCUT2D eigenvalue weighted by atomic mass is 32.2. The Morgan fingerprint density at radius 1 is 1.44 bits per heavy atom. The third-order valence-corrected chi connectivity index (χ3v) is 5.40.